The summed E-state index contributed by atoms with van der Waals surface area (Å²) < 4.78 is 1.65. The minimum Gasteiger partial charge on any atom is -0.325 e. The van der Waals surface area contributed by atoms with E-state index >= 15 is 0 Å². The lowest BCUT2D eigenvalue weighted by molar-refractivity contribution is -0.113. The van der Waals surface area contributed by atoms with E-state index in [2.05, 4.69) is 5.32 Å². The molecule has 0 spiro atoms. The van der Waals surface area contributed by atoms with Crippen molar-refractivity contribution in [1.29, 1.82) is 0 Å². The number of aromatic nitrogens is 2. The summed E-state index contributed by atoms with van der Waals surface area (Å²) in [5.74, 6) is 0.0438. The molecule has 0 bridgehead atoms. The van der Waals surface area contributed by atoms with Crippen LogP contribution in [0, 0.1) is 6.92 Å². The fourth-order valence-corrected chi connectivity index (χ4v) is 6.09. The number of aryl methyl sites for hydroxylation is 3. The van der Waals surface area contributed by atoms with Crippen LogP contribution in [-0.2, 0) is 17.6 Å². The first-order valence-corrected chi connectivity index (χ1v) is 12.0. The van der Waals surface area contributed by atoms with E-state index in [1.165, 1.54) is 16.6 Å². The van der Waals surface area contributed by atoms with Crippen molar-refractivity contribution in [3.05, 3.63) is 81.0 Å². The molecule has 156 valence electrons. The molecule has 0 atom stereocenters. The fraction of sp³-hybridized carbons (Fsp3) is 0.208. The molecule has 0 aliphatic heterocycles. The number of thioether (sulfide) groups is 1. The minimum atomic E-state index is -0.127. The zero-order valence-electron chi connectivity index (χ0n) is 17.1. The first-order chi connectivity index (χ1) is 15.1. The van der Waals surface area contributed by atoms with Gasteiger partial charge in [0.2, 0.25) is 5.91 Å². The molecule has 1 aliphatic carbocycles. The molecule has 2 aromatic carbocycles. The maximum absolute atomic E-state index is 13.6. The Morgan fingerprint density at radius 1 is 1.16 bits per heavy atom. The number of benzene rings is 2. The summed E-state index contributed by atoms with van der Waals surface area (Å²) >= 11 is 2.91. The number of rotatable bonds is 5. The standard InChI is InChI=1S/C24H21N3O2S2/c1-15-7-5-8-16(13-15)25-20(28)14-30-24-26-22-21(18-11-6-12-19(18)31-22)23(29)27(24)17-9-3-2-4-10-17/h2-5,7-10,13H,6,11-12,14H2,1H3,(H,25,28). The Kier molecular flexibility index (Phi) is 5.38. The summed E-state index contributed by atoms with van der Waals surface area (Å²) in [5.41, 5.74) is 3.74. The Bertz CT molecular complexity index is 1340. The molecule has 0 radical (unpaired) electrons. The van der Waals surface area contributed by atoms with Crippen LogP contribution in [-0.4, -0.2) is 21.2 Å². The van der Waals surface area contributed by atoms with Crippen LogP contribution in [0.4, 0.5) is 5.69 Å². The fourth-order valence-electron chi connectivity index (χ4n) is 3.98. The van der Waals surface area contributed by atoms with Crippen molar-refractivity contribution < 1.29 is 4.79 Å². The molecule has 2 aromatic heterocycles. The van der Waals surface area contributed by atoms with Gasteiger partial charge in [-0.2, -0.15) is 0 Å². The van der Waals surface area contributed by atoms with Crippen LogP contribution < -0.4 is 10.9 Å². The van der Waals surface area contributed by atoms with Crippen molar-refractivity contribution in [3.63, 3.8) is 0 Å². The van der Waals surface area contributed by atoms with Gasteiger partial charge in [-0.3, -0.25) is 14.2 Å². The number of carbonyl (C=O) groups excluding carboxylic acids is 1. The van der Waals surface area contributed by atoms with E-state index in [4.69, 9.17) is 4.98 Å². The number of anilines is 1. The first-order valence-electron chi connectivity index (χ1n) is 10.2. The van der Waals surface area contributed by atoms with Crippen LogP contribution in [0.15, 0.2) is 64.5 Å². The summed E-state index contributed by atoms with van der Waals surface area (Å²) in [7, 11) is 0. The smallest absolute Gasteiger partial charge is 0.267 e. The zero-order valence-corrected chi connectivity index (χ0v) is 18.7. The molecule has 1 N–H and O–H groups in total. The predicted molar refractivity (Wildman–Crippen MR) is 128 cm³/mol. The van der Waals surface area contributed by atoms with Gasteiger partial charge >= 0.3 is 0 Å². The molecule has 0 fully saturated rings. The van der Waals surface area contributed by atoms with Gasteiger partial charge in [-0.15, -0.1) is 11.3 Å². The van der Waals surface area contributed by atoms with Gasteiger partial charge in [0.25, 0.3) is 5.56 Å². The number of nitrogens with zero attached hydrogens (tertiary/aromatic N) is 2. The molecule has 5 nitrogen and oxygen atoms in total. The molecule has 5 rings (SSSR count). The predicted octanol–water partition coefficient (Wildman–Crippen LogP) is 4.98. The lowest BCUT2D eigenvalue weighted by Gasteiger charge is -2.12. The molecular formula is C24H21N3O2S2. The number of fused-ring (bicyclic) bond motifs is 3. The summed E-state index contributed by atoms with van der Waals surface area (Å²) in [5, 5.41) is 4.21. The molecule has 4 aromatic rings. The van der Waals surface area contributed by atoms with E-state index in [9.17, 15) is 9.59 Å². The maximum Gasteiger partial charge on any atom is 0.267 e. The van der Waals surface area contributed by atoms with Crippen molar-refractivity contribution in [1.82, 2.24) is 9.55 Å². The molecule has 1 amide bonds. The van der Waals surface area contributed by atoms with Gasteiger partial charge < -0.3 is 5.32 Å². The Balaban J connectivity index is 1.50. The maximum atomic E-state index is 13.6. The molecule has 0 saturated carbocycles. The summed E-state index contributed by atoms with van der Waals surface area (Å²) in [6.45, 7) is 1.99. The molecule has 2 heterocycles. The molecule has 31 heavy (non-hydrogen) atoms. The van der Waals surface area contributed by atoms with Crippen LogP contribution in [0.2, 0.25) is 0 Å². The topological polar surface area (TPSA) is 64.0 Å². The second-order valence-electron chi connectivity index (χ2n) is 7.61. The molecule has 0 saturated heterocycles. The Morgan fingerprint density at radius 2 is 2.00 bits per heavy atom. The van der Waals surface area contributed by atoms with E-state index in [0.29, 0.717) is 5.16 Å². The average molecular weight is 448 g/mol. The number of hydrogen-bond donors (Lipinski definition) is 1. The Morgan fingerprint density at radius 3 is 2.81 bits per heavy atom. The lowest BCUT2D eigenvalue weighted by atomic mass is 10.2. The summed E-state index contributed by atoms with van der Waals surface area (Å²) in [4.78, 5) is 33.0. The third kappa shape index (κ3) is 3.91. The van der Waals surface area contributed by atoms with Gasteiger partial charge in [0.05, 0.1) is 16.8 Å². The molecule has 0 unspecified atom stereocenters. The van der Waals surface area contributed by atoms with Gasteiger partial charge in [-0.1, -0.05) is 42.1 Å². The second-order valence-corrected chi connectivity index (χ2v) is 9.64. The highest BCUT2D eigenvalue weighted by molar-refractivity contribution is 7.99. The van der Waals surface area contributed by atoms with Gasteiger partial charge in [-0.25, -0.2) is 4.98 Å². The van der Waals surface area contributed by atoms with E-state index < -0.39 is 0 Å². The normalized spacial score (nSPS) is 12.8. The average Bonchev–Trinajstić information content (AvgIpc) is 3.34. The van der Waals surface area contributed by atoms with E-state index in [-0.39, 0.29) is 17.2 Å². The van der Waals surface area contributed by atoms with Crippen LogP contribution in [0.3, 0.4) is 0 Å². The number of hydrogen-bond acceptors (Lipinski definition) is 5. The van der Waals surface area contributed by atoms with Crippen molar-refractivity contribution in [3.8, 4) is 5.69 Å². The highest BCUT2D eigenvalue weighted by Gasteiger charge is 2.24. The monoisotopic (exact) mass is 447 g/mol. The zero-order chi connectivity index (χ0) is 21.4. The number of para-hydroxylation sites is 1. The van der Waals surface area contributed by atoms with Gasteiger partial charge in [0, 0.05) is 10.6 Å². The van der Waals surface area contributed by atoms with Crippen LogP contribution in [0.5, 0.6) is 0 Å². The van der Waals surface area contributed by atoms with E-state index in [1.54, 1.807) is 15.9 Å². The second kappa shape index (κ2) is 8.32. The SMILES string of the molecule is Cc1cccc(NC(=O)CSc2nc3sc4c(c3c(=O)n2-c2ccccc2)CCC4)c1. The number of carbonyl (C=O) groups is 1. The van der Waals surface area contributed by atoms with Crippen molar-refractivity contribution in [2.45, 2.75) is 31.3 Å². The van der Waals surface area contributed by atoms with Gasteiger partial charge in [0.15, 0.2) is 5.16 Å². The molecular weight excluding hydrogens is 426 g/mol. The first kappa shape index (κ1) is 20.0. The molecule has 7 heteroatoms. The van der Waals surface area contributed by atoms with Crippen molar-refractivity contribution in [2.75, 3.05) is 11.1 Å². The minimum absolute atomic E-state index is 0.0443. The largest absolute Gasteiger partial charge is 0.325 e. The number of amides is 1. The van der Waals surface area contributed by atoms with Crippen LogP contribution in [0.25, 0.3) is 15.9 Å². The van der Waals surface area contributed by atoms with E-state index in [1.807, 2.05) is 61.5 Å². The quantitative estimate of drug-likeness (QED) is 0.346. The van der Waals surface area contributed by atoms with Gasteiger partial charge in [-0.05, 0) is 61.6 Å². The Labute approximate surface area is 188 Å². The third-order valence-corrected chi connectivity index (χ3v) is 7.48. The van der Waals surface area contributed by atoms with E-state index in [0.717, 1.165) is 52.0 Å². The third-order valence-electron chi connectivity index (χ3n) is 5.36. The van der Waals surface area contributed by atoms with Crippen molar-refractivity contribution in [2.24, 2.45) is 0 Å². The number of thiophene rings is 1. The van der Waals surface area contributed by atoms with Crippen molar-refractivity contribution >= 4 is 44.9 Å². The van der Waals surface area contributed by atoms with Gasteiger partial charge in [0.1, 0.15) is 4.83 Å². The lowest BCUT2D eigenvalue weighted by Crippen LogP contribution is -2.23. The summed E-state index contributed by atoms with van der Waals surface area (Å²) in [6, 6.07) is 17.2. The Hall–Kier alpha value is -2.90. The number of nitrogens with one attached hydrogen (secondary N) is 1. The molecule has 1 aliphatic rings. The van der Waals surface area contributed by atoms with Crippen LogP contribution >= 0.6 is 23.1 Å². The highest BCUT2D eigenvalue weighted by Crippen LogP contribution is 2.36. The van der Waals surface area contributed by atoms with Crippen LogP contribution in [0.1, 0.15) is 22.4 Å². The summed E-state index contributed by atoms with van der Waals surface area (Å²) in [6.07, 6.45) is 3.05. The highest BCUT2D eigenvalue weighted by atomic mass is 32.2.